The monoisotopic (exact) mass is 192 g/mol. The van der Waals surface area contributed by atoms with Crippen LogP contribution in [0.3, 0.4) is 0 Å². The van der Waals surface area contributed by atoms with Crippen LogP contribution in [0.2, 0.25) is 0 Å². The second-order valence-corrected chi connectivity index (χ2v) is 2.72. The van der Waals surface area contributed by atoms with Gasteiger partial charge < -0.3 is 4.74 Å². The zero-order chi connectivity index (χ0) is 7.44. The van der Waals surface area contributed by atoms with Gasteiger partial charge >= 0.3 is 5.97 Å². The van der Waals surface area contributed by atoms with Gasteiger partial charge in [-0.15, -0.1) is 0 Å². The predicted octanol–water partition coefficient (Wildman–Crippen LogP) is 1.85. The molecule has 0 rings (SSSR count). The second kappa shape index (κ2) is 3.67. The maximum Gasteiger partial charge on any atom is 0.303 e. The van der Waals surface area contributed by atoms with Crippen LogP contribution in [0.25, 0.3) is 0 Å². The van der Waals surface area contributed by atoms with Gasteiger partial charge in [0, 0.05) is 11.4 Å². The van der Waals surface area contributed by atoms with Crippen LogP contribution in [0.4, 0.5) is 0 Å². The Morgan fingerprint density at radius 1 is 1.78 bits per heavy atom. The first-order valence-corrected chi connectivity index (χ1v) is 3.35. The lowest BCUT2D eigenvalue weighted by atomic mass is 10.4. The van der Waals surface area contributed by atoms with E-state index in [4.69, 9.17) is 4.74 Å². The van der Waals surface area contributed by atoms with Gasteiger partial charge in [0.1, 0.15) is 6.10 Å². The third kappa shape index (κ3) is 4.21. The largest absolute Gasteiger partial charge is 0.457 e. The van der Waals surface area contributed by atoms with Crippen molar-refractivity contribution in [1.29, 1.82) is 0 Å². The van der Waals surface area contributed by atoms with E-state index in [1.165, 1.54) is 6.92 Å². The number of rotatable bonds is 2. The summed E-state index contributed by atoms with van der Waals surface area (Å²) in [4.78, 5) is 10.3. The van der Waals surface area contributed by atoms with E-state index in [2.05, 4.69) is 22.5 Å². The van der Waals surface area contributed by atoms with Crippen molar-refractivity contribution in [2.75, 3.05) is 0 Å². The van der Waals surface area contributed by atoms with Crippen LogP contribution < -0.4 is 0 Å². The SMILES string of the molecule is C=C(Br)C(C)OC(C)=O. The van der Waals surface area contributed by atoms with Crippen LogP contribution in [0.1, 0.15) is 13.8 Å². The number of ether oxygens (including phenoxy) is 1. The summed E-state index contributed by atoms with van der Waals surface area (Å²) in [6.45, 7) is 6.66. The maximum atomic E-state index is 10.3. The lowest BCUT2D eigenvalue weighted by molar-refractivity contribution is -0.143. The third-order valence-electron chi connectivity index (χ3n) is 0.784. The van der Waals surface area contributed by atoms with Crippen LogP contribution in [0.15, 0.2) is 11.1 Å². The Hall–Kier alpha value is -0.310. The molecule has 0 fully saturated rings. The van der Waals surface area contributed by atoms with Crippen molar-refractivity contribution >= 4 is 21.9 Å². The summed E-state index contributed by atoms with van der Waals surface area (Å²) in [5.74, 6) is -0.289. The average molecular weight is 193 g/mol. The zero-order valence-electron chi connectivity index (χ0n) is 5.48. The van der Waals surface area contributed by atoms with Gasteiger partial charge in [0.05, 0.1) is 0 Å². The molecule has 0 aromatic heterocycles. The lowest BCUT2D eigenvalue weighted by Crippen LogP contribution is -2.11. The molecule has 0 bridgehead atoms. The van der Waals surface area contributed by atoms with E-state index >= 15 is 0 Å². The fraction of sp³-hybridized carbons (Fsp3) is 0.500. The zero-order valence-corrected chi connectivity index (χ0v) is 7.06. The van der Waals surface area contributed by atoms with Crippen LogP contribution >= 0.6 is 15.9 Å². The average Bonchev–Trinajstić information content (AvgIpc) is 1.63. The first-order chi connectivity index (χ1) is 4.04. The predicted molar refractivity (Wildman–Crippen MR) is 39.3 cm³/mol. The van der Waals surface area contributed by atoms with E-state index in [1.807, 2.05) is 0 Å². The summed E-state index contributed by atoms with van der Waals surface area (Å²) in [7, 11) is 0. The Morgan fingerprint density at radius 2 is 2.22 bits per heavy atom. The summed E-state index contributed by atoms with van der Waals surface area (Å²) >= 11 is 3.10. The Morgan fingerprint density at radius 3 is 2.33 bits per heavy atom. The maximum absolute atomic E-state index is 10.3. The van der Waals surface area contributed by atoms with Crippen molar-refractivity contribution in [3.8, 4) is 0 Å². The first kappa shape index (κ1) is 8.69. The highest BCUT2D eigenvalue weighted by Crippen LogP contribution is 2.10. The standard InChI is InChI=1S/C6H9BrO2/c1-4(7)5(2)9-6(3)8/h5H,1H2,2-3H3. The molecule has 0 aliphatic rings. The molecule has 0 radical (unpaired) electrons. The molecule has 0 aromatic rings. The Kier molecular flexibility index (Phi) is 3.54. The Balaban J connectivity index is 3.63. The molecular weight excluding hydrogens is 184 g/mol. The minimum absolute atomic E-state index is 0.234. The van der Waals surface area contributed by atoms with Gasteiger partial charge in [0.15, 0.2) is 0 Å². The molecule has 0 aliphatic carbocycles. The fourth-order valence-electron chi connectivity index (χ4n) is 0.313. The molecule has 3 heteroatoms. The van der Waals surface area contributed by atoms with Crippen molar-refractivity contribution in [2.24, 2.45) is 0 Å². The van der Waals surface area contributed by atoms with Crippen LogP contribution in [-0.4, -0.2) is 12.1 Å². The van der Waals surface area contributed by atoms with Crippen molar-refractivity contribution in [2.45, 2.75) is 20.0 Å². The fourth-order valence-corrected chi connectivity index (χ4v) is 0.406. The summed E-state index contributed by atoms with van der Waals surface area (Å²) in [6, 6.07) is 0. The quantitative estimate of drug-likeness (QED) is 0.625. The molecule has 0 N–H and O–H groups in total. The highest BCUT2D eigenvalue weighted by Gasteiger charge is 2.05. The highest BCUT2D eigenvalue weighted by atomic mass is 79.9. The summed E-state index contributed by atoms with van der Waals surface area (Å²) in [5, 5.41) is 0. The number of carbonyl (C=O) groups is 1. The minimum Gasteiger partial charge on any atom is -0.457 e. The first-order valence-electron chi connectivity index (χ1n) is 2.55. The van der Waals surface area contributed by atoms with Gasteiger partial charge in [0.25, 0.3) is 0 Å². The van der Waals surface area contributed by atoms with Crippen molar-refractivity contribution in [1.82, 2.24) is 0 Å². The molecule has 0 saturated carbocycles. The van der Waals surface area contributed by atoms with E-state index in [-0.39, 0.29) is 12.1 Å². The van der Waals surface area contributed by atoms with E-state index in [9.17, 15) is 4.79 Å². The molecule has 2 nitrogen and oxygen atoms in total. The van der Waals surface area contributed by atoms with Gasteiger partial charge in [-0.1, -0.05) is 22.5 Å². The number of hydrogen-bond donors (Lipinski definition) is 0. The number of hydrogen-bond acceptors (Lipinski definition) is 2. The van der Waals surface area contributed by atoms with Gasteiger partial charge in [-0.2, -0.15) is 0 Å². The summed E-state index contributed by atoms with van der Waals surface area (Å²) in [6.07, 6.45) is -0.234. The van der Waals surface area contributed by atoms with E-state index in [0.29, 0.717) is 4.48 Å². The van der Waals surface area contributed by atoms with Crippen molar-refractivity contribution < 1.29 is 9.53 Å². The molecular formula is C6H9BrO2. The normalized spacial score (nSPS) is 12.3. The summed E-state index contributed by atoms with van der Waals surface area (Å²) in [5.41, 5.74) is 0. The van der Waals surface area contributed by atoms with Gasteiger partial charge in [-0.3, -0.25) is 4.79 Å². The number of carbonyl (C=O) groups excluding carboxylic acids is 1. The van der Waals surface area contributed by atoms with Crippen LogP contribution in [0.5, 0.6) is 0 Å². The molecule has 0 heterocycles. The number of halogens is 1. The topological polar surface area (TPSA) is 26.3 Å². The van der Waals surface area contributed by atoms with Crippen molar-refractivity contribution in [3.05, 3.63) is 11.1 Å². The molecule has 0 saturated heterocycles. The second-order valence-electron chi connectivity index (χ2n) is 1.70. The van der Waals surface area contributed by atoms with E-state index in [1.54, 1.807) is 6.92 Å². The molecule has 9 heavy (non-hydrogen) atoms. The van der Waals surface area contributed by atoms with Crippen LogP contribution in [-0.2, 0) is 9.53 Å². The van der Waals surface area contributed by atoms with E-state index < -0.39 is 0 Å². The van der Waals surface area contributed by atoms with Gasteiger partial charge in [0.2, 0.25) is 0 Å². The summed E-state index contributed by atoms with van der Waals surface area (Å²) < 4.78 is 5.40. The molecule has 0 aromatic carbocycles. The van der Waals surface area contributed by atoms with Crippen molar-refractivity contribution in [3.63, 3.8) is 0 Å². The van der Waals surface area contributed by atoms with Crippen LogP contribution in [0, 0.1) is 0 Å². The molecule has 52 valence electrons. The smallest absolute Gasteiger partial charge is 0.303 e. The third-order valence-corrected chi connectivity index (χ3v) is 1.43. The molecule has 0 spiro atoms. The molecule has 1 atom stereocenters. The van der Waals surface area contributed by atoms with Gasteiger partial charge in [-0.25, -0.2) is 0 Å². The Labute approximate surface area is 63.0 Å². The number of esters is 1. The lowest BCUT2D eigenvalue weighted by Gasteiger charge is -2.08. The van der Waals surface area contributed by atoms with E-state index in [0.717, 1.165) is 0 Å². The highest BCUT2D eigenvalue weighted by molar-refractivity contribution is 9.11. The molecule has 1 unspecified atom stereocenters. The Bertz CT molecular complexity index is 131. The molecule has 0 aliphatic heterocycles. The van der Waals surface area contributed by atoms with Gasteiger partial charge in [-0.05, 0) is 6.92 Å². The molecule has 0 amide bonds. The minimum atomic E-state index is -0.289.